The van der Waals surface area contributed by atoms with E-state index in [1.54, 1.807) is 0 Å². The molecule has 0 spiro atoms. The lowest BCUT2D eigenvalue weighted by molar-refractivity contribution is -0.129. The van der Waals surface area contributed by atoms with Crippen molar-refractivity contribution in [1.82, 2.24) is 10.6 Å². The normalized spacial score (nSPS) is 24.9. The number of amides is 1. The molecule has 17 heavy (non-hydrogen) atoms. The number of hydrogen-bond donors (Lipinski definition) is 3. The minimum Gasteiger partial charge on any atom is -0.396 e. The number of hydrogen-bond acceptors (Lipinski definition) is 3. The van der Waals surface area contributed by atoms with Gasteiger partial charge >= 0.3 is 0 Å². The number of carbonyl (C=O) groups is 1. The molecule has 3 N–H and O–H groups in total. The average Bonchev–Trinajstić information content (AvgIpc) is 2.67. The summed E-state index contributed by atoms with van der Waals surface area (Å²) in [7, 11) is 0. The molecule has 4 nitrogen and oxygen atoms in total. The Morgan fingerprint density at radius 2 is 2.24 bits per heavy atom. The van der Waals surface area contributed by atoms with Crippen LogP contribution in [-0.4, -0.2) is 35.2 Å². The third-order valence-electron chi connectivity index (χ3n) is 3.54. The molecule has 1 amide bonds. The van der Waals surface area contributed by atoms with Crippen LogP contribution in [-0.2, 0) is 4.79 Å². The molecular formula is C13H26N2O2. The van der Waals surface area contributed by atoms with Gasteiger partial charge in [0.2, 0.25) is 5.91 Å². The van der Waals surface area contributed by atoms with E-state index in [9.17, 15) is 4.79 Å². The van der Waals surface area contributed by atoms with Crippen LogP contribution < -0.4 is 10.6 Å². The van der Waals surface area contributed by atoms with Gasteiger partial charge in [-0.15, -0.1) is 0 Å². The summed E-state index contributed by atoms with van der Waals surface area (Å²) < 4.78 is 0. The summed E-state index contributed by atoms with van der Waals surface area (Å²) in [6.45, 7) is 7.04. The minimum atomic E-state index is -0.374. The Hall–Kier alpha value is -0.610. The molecule has 1 atom stereocenters. The van der Waals surface area contributed by atoms with Crippen LogP contribution in [0.25, 0.3) is 0 Å². The maximum absolute atomic E-state index is 12.4. The third kappa shape index (κ3) is 3.68. The quantitative estimate of drug-likeness (QED) is 0.655. The molecule has 0 radical (unpaired) electrons. The number of aliphatic hydroxyl groups is 1. The molecule has 1 aliphatic heterocycles. The van der Waals surface area contributed by atoms with Crippen LogP contribution >= 0.6 is 0 Å². The summed E-state index contributed by atoms with van der Waals surface area (Å²) in [5.41, 5.74) is -0.710. The van der Waals surface area contributed by atoms with Crippen LogP contribution in [0.1, 0.15) is 52.9 Å². The van der Waals surface area contributed by atoms with Crippen molar-refractivity contribution in [2.45, 2.75) is 64.0 Å². The summed E-state index contributed by atoms with van der Waals surface area (Å²) in [5.74, 6) is 0.0929. The molecule has 0 saturated carbocycles. The lowest BCUT2D eigenvalue weighted by Crippen LogP contribution is -2.58. The highest BCUT2D eigenvalue weighted by Gasteiger charge is 2.41. The molecule has 0 bridgehead atoms. The van der Waals surface area contributed by atoms with Crippen LogP contribution in [0.5, 0.6) is 0 Å². The molecular weight excluding hydrogens is 216 g/mol. The predicted molar refractivity (Wildman–Crippen MR) is 68.8 cm³/mol. The number of rotatable bonds is 6. The number of aliphatic hydroxyl groups excluding tert-OH is 1. The van der Waals surface area contributed by atoms with Crippen molar-refractivity contribution in [2.75, 3.05) is 13.2 Å². The zero-order valence-corrected chi connectivity index (χ0v) is 11.3. The monoisotopic (exact) mass is 242 g/mol. The summed E-state index contributed by atoms with van der Waals surface area (Å²) in [6.07, 6.45) is 4.45. The van der Waals surface area contributed by atoms with E-state index >= 15 is 0 Å². The van der Waals surface area contributed by atoms with Crippen LogP contribution in [0.15, 0.2) is 0 Å². The predicted octanol–water partition coefficient (Wildman–Crippen LogP) is 1.19. The highest BCUT2D eigenvalue weighted by Crippen LogP contribution is 2.26. The maximum atomic E-state index is 12.4. The molecule has 4 heteroatoms. The van der Waals surface area contributed by atoms with Crippen molar-refractivity contribution < 1.29 is 9.90 Å². The molecule has 1 heterocycles. The van der Waals surface area contributed by atoms with Crippen molar-refractivity contribution in [3.8, 4) is 0 Å². The van der Waals surface area contributed by atoms with Crippen LogP contribution in [0.2, 0.25) is 0 Å². The lowest BCUT2D eigenvalue weighted by Gasteiger charge is -2.34. The first-order valence-electron chi connectivity index (χ1n) is 6.64. The van der Waals surface area contributed by atoms with Gasteiger partial charge in [-0.05, 0) is 46.1 Å². The molecule has 0 aromatic heterocycles. The van der Waals surface area contributed by atoms with Crippen LogP contribution in [0.4, 0.5) is 0 Å². The van der Waals surface area contributed by atoms with Crippen molar-refractivity contribution in [2.24, 2.45) is 0 Å². The third-order valence-corrected chi connectivity index (χ3v) is 3.54. The van der Waals surface area contributed by atoms with E-state index in [0.29, 0.717) is 6.42 Å². The number of carbonyl (C=O) groups excluding carboxylic acids is 1. The van der Waals surface area contributed by atoms with E-state index in [1.807, 2.05) is 13.8 Å². The smallest absolute Gasteiger partial charge is 0.240 e. The van der Waals surface area contributed by atoms with Gasteiger partial charge in [0.15, 0.2) is 0 Å². The van der Waals surface area contributed by atoms with E-state index in [0.717, 1.165) is 32.2 Å². The Bertz CT molecular complexity index is 258. The van der Waals surface area contributed by atoms with Crippen molar-refractivity contribution in [1.29, 1.82) is 0 Å². The van der Waals surface area contributed by atoms with E-state index in [2.05, 4.69) is 17.6 Å². The Morgan fingerprint density at radius 1 is 1.53 bits per heavy atom. The summed E-state index contributed by atoms with van der Waals surface area (Å²) in [5, 5.41) is 15.4. The van der Waals surface area contributed by atoms with Gasteiger partial charge in [0.1, 0.15) is 0 Å². The van der Waals surface area contributed by atoms with E-state index < -0.39 is 0 Å². The number of nitrogens with one attached hydrogen (secondary N) is 2. The SMILES string of the molecule is CCCC1(C(=O)NC(C)(C)CCO)CCCN1. The van der Waals surface area contributed by atoms with Gasteiger partial charge in [0.25, 0.3) is 0 Å². The largest absolute Gasteiger partial charge is 0.396 e. The molecule has 0 aromatic rings. The second-order valence-corrected chi connectivity index (χ2v) is 5.67. The summed E-state index contributed by atoms with van der Waals surface area (Å²) >= 11 is 0. The van der Waals surface area contributed by atoms with Gasteiger partial charge in [-0.25, -0.2) is 0 Å². The second-order valence-electron chi connectivity index (χ2n) is 5.67. The van der Waals surface area contributed by atoms with Crippen molar-refractivity contribution in [3.63, 3.8) is 0 Å². The second kappa shape index (κ2) is 5.83. The molecule has 0 aromatic carbocycles. The fourth-order valence-corrected chi connectivity index (χ4v) is 2.52. The van der Waals surface area contributed by atoms with Gasteiger partial charge in [0, 0.05) is 12.1 Å². The standard InChI is InChI=1S/C13H26N2O2/c1-4-6-13(7-5-9-14-13)11(17)15-12(2,3)8-10-16/h14,16H,4-10H2,1-3H3,(H,15,17). The fourth-order valence-electron chi connectivity index (χ4n) is 2.52. The topological polar surface area (TPSA) is 61.4 Å². The minimum absolute atomic E-state index is 0.0929. The Balaban J connectivity index is 2.66. The van der Waals surface area contributed by atoms with E-state index in [4.69, 9.17) is 5.11 Å². The Morgan fingerprint density at radius 3 is 2.71 bits per heavy atom. The zero-order chi connectivity index (χ0) is 12.9. The first-order chi connectivity index (χ1) is 7.96. The summed E-state index contributed by atoms with van der Waals surface area (Å²) in [6, 6.07) is 0. The average molecular weight is 242 g/mol. The molecule has 1 saturated heterocycles. The highest BCUT2D eigenvalue weighted by molar-refractivity contribution is 5.87. The van der Waals surface area contributed by atoms with Gasteiger partial charge in [-0.2, -0.15) is 0 Å². The molecule has 100 valence electrons. The molecule has 0 aliphatic carbocycles. The van der Waals surface area contributed by atoms with Gasteiger partial charge in [0.05, 0.1) is 5.54 Å². The molecule has 1 unspecified atom stereocenters. The Labute approximate surface area is 104 Å². The highest BCUT2D eigenvalue weighted by atomic mass is 16.3. The zero-order valence-electron chi connectivity index (χ0n) is 11.3. The van der Waals surface area contributed by atoms with Crippen molar-refractivity contribution in [3.05, 3.63) is 0 Å². The summed E-state index contributed by atoms with van der Waals surface area (Å²) in [4.78, 5) is 12.4. The molecule has 1 rings (SSSR count). The van der Waals surface area contributed by atoms with Gasteiger partial charge < -0.3 is 15.7 Å². The Kier molecular flexibility index (Phi) is 4.95. The molecule has 1 aliphatic rings. The van der Waals surface area contributed by atoms with Crippen LogP contribution in [0, 0.1) is 0 Å². The maximum Gasteiger partial charge on any atom is 0.240 e. The van der Waals surface area contributed by atoms with Gasteiger partial charge in [-0.1, -0.05) is 13.3 Å². The van der Waals surface area contributed by atoms with Gasteiger partial charge in [-0.3, -0.25) is 4.79 Å². The van der Waals surface area contributed by atoms with Crippen molar-refractivity contribution >= 4 is 5.91 Å². The first kappa shape index (κ1) is 14.5. The van der Waals surface area contributed by atoms with E-state index in [-0.39, 0.29) is 23.6 Å². The fraction of sp³-hybridized carbons (Fsp3) is 0.923. The first-order valence-corrected chi connectivity index (χ1v) is 6.64. The molecule has 1 fully saturated rings. The van der Waals surface area contributed by atoms with E-state index in [1.165, 1.54) is 0 Å². The van der Waals surface area contributed by atoms with Crippen LogP contribution in [0.3, 0.4) is 0 Å². The lowest BCUT2D eigenvalue weighted by atomic mass is 9.89.